The molecule has 2 aromatic carbocycles. The molecule has 0 saturated carbocycles. The minimum absolute atomic E-state index is 0.0743. The standard InChI is InChI=1S/C36H42ClN5O4S/c1-22-7-10-28-19-27(13-14-29(28)42(22)24(3)43)26-11-8-25(9-12-26)20-41(35(44)46-36(4,5)6)21-30-23(2)31-32(47-30)33(39-34(37)38-31)40-15-17-45-18-16-40/h8-9,11-14,19,22H,7,10,15-18,20-21H2,1-6H3/t22-/m0/s1. The Morgan fingerprint density at radius 3 is 2.45 bits per heavy atom. The van der Waals surface area contributed by atoms with E-state index in [4.69, 9.17) is 21.1 Å². The van der Waals surface area contributed by atoms with Gasteiger partial charge in [-0.15, -0.1) is 11.3 Å². The predicted molar refractivity (Wildman–Crippen MR) is 188 cm³/mol. The molecule has 0 N–H and O–H groups in total. The maximum atomic E-state index is 13.6. The van der Waals surface area contributed by atoms with E-state index in [1.165, 1.54) is 5.56 Å². The van der Waals surface area contributed by atoms with Crippen molar-refractivity contribution >= 4 is 56.7 Å². The van der Waals surface area contributed by atoms with Crippen LogP contribution in [0.5, 0.6) is 0 Å². The minimum Gasteiger partial charge on any atom is -0.444 e. The third-order valence-corrected chi connectivity index (χ3v) is 10.2. The second kappa shape index (κ2) is 13.4. The van der Waals surface area contributed by atoms with Crippen LogP contribution in [0.2, 0.25) is 5.28 Å². The molecule has 0 radical (unpaired) electrons. The van der Waals surface area contributed by atoms with E-state index in [2.05, 4.69) is 64.3 Å². The predicted octanol–water partition coefficient (Wildman–Crippen LogP) is 7.78. The van der Waals surface area contributed by atoms with E-state index < -0.39 is 5.60 Å². The number of carbonyl (C=O) groups excluding carboxylic acids is 2. The van der Waals surface area contributed by atoms with E-state index in [9.17, 15) is 9.59 Å². The topological polar surface area (TPSA) is 88.1 Å². The average Bonchev–Trinajstić information content (AvgIpc) is 3.34. The van der Waals surface area contributed by atoms with Crippen LogP contribution in [-0.2, 0) is 33.8 Å². The number of rotatable bonds is 6. The summed E-state index contributed by atoms with van der Waals surface area (Å²) >= 11 is 8.00. The van der Waals surface area contributed by atoms with Gasteiger partial charge in [-0.25, -0.2) is 9.78 Å². The molecule has 1 fully saturated rings. The highest BCUT2D eigenvalue weighted by atomic mass is 35.5. The quantitative estimate of drug-likeness (QED) is 0.193. The fraction of sp³-hybridized carbons (Fsp3) is 0.444. The summed E-state index contributed by atoms with van der Waals surface area (Å²) in [6, 6.07) is 14.9. The first-order valence-corrected chi connectivity index (χ1v) is 17.4. The normalized spacial score (nSPS) is 16.7. The lowest BCUT2D eigenvalue weighted by Crippen LogP contribution is -2.40. The lowest BCUT2D eigenvalue weighted by molar-refractivity contribution is -0.117. The molecule has 248 valence electrons. The van der Waals surface area contributed by atoms with E-state index in [0.717, 1.165) is 74.8 Å². The summed E-state index contributed by atoms with van der Waals surface area (Å²) in [6.45, 7) is 14.9. The summed E-state index contributed by atoms with van der Waals surface area (Å²) < 4.78 is 12.4. The van der Waals surface area contributed by atoms with Gasteiger partial charge in [0.1, 0.15) is 5.60 Å². The van der Waals surface area contributed by atoms with Crippen LogP contribution in [0.15, 0.2) is 42.5 Å². The molecule has 2 aliphatic heterocycles. The molecule has 6 rings (SSSR count). The van der Waals surface area contributed by atoms with Crippen molar-refractivity contribution in [2.24, 2.45) is 0 Å². The number of carbonyl (C=O) groups is 2. The van der Waals surface area contributed by atoms with Crippen molar-refractivity contribution in [3.63, 3.8) is 0 Å². The van der Waals surface area contributed by atoms with Gasteiger partial charge in [0.15, 0.2) is 5.82 Å². The second-order valence-corrected chi connectivity index (χ2v) is 14.8. The monoisotopic (exact) mass is 675 g/mol. The number of amides is 2. The van der Waals surface area contributed by atoms with E-state index in [1.807, 2.05) is 32.6 Å². The number of morpholine rings is 1. The highest BCUT2D eigenvalue weighted by Gasteiger charge is 2.28. The SMILES string of the molecule is CC(=O)N1c2ccc(-c3ccc(CN(Cc4sc5c(N6CCOCC6)nc(Cl)nc5c4C)C(=O)OC(C)(C)C)cc3)cc2CC[C@@H]1C. The van der Waals surface area contributed by atoms with Gasteiger partial charge >= 0.3 is 6.09 Å². The van der Waals surface area contributed by atoms with Crippen molar-refractivity contribution in [1.29, 1.82) is 0 Å². The zero-order chi connectivity index (χ0) is 33.5. The van der Waals surface area contributed by atoms with E-state index in [1.54, 1.807) is 23.2 Å². The van der Waals surface area contributed by atoms with Crippen molar-refractivity contribution in [2.75, 3.05) is 36.1 Å². The van der Waals surface area contributed by atoms with Gasteiger partial charge in [0.25, 0.3) is 0 Å². The Bertz CT molecular complexity index is 1800. The first-order chi connectivity index (χ1) is 22.4. The van der Waals surface area contributed by atoms with E-state index >= 15 is 0 Å². The van der Waals surface area contributed by atoms with Crippen LogP contribution >= 0.6 is 22.9 Å². The fourth-order valence-electron chi connectivity index (χ4n) is 6.35. The molecule has 1 atom stereocenters. The smallest absolute Gasteiger partial charge is 0.410 e. The maximum Gasteiger partial charge on any atom is 0.410 e. The Morgan fingerprint density at radius 2 is 1.77 bits per heavy atom. The van der Waals surface area contributed by atoms with Gasteiger partial charge in [0.05, 0.1) is 30.0 Å². The van der Waals surface area contributed by atoms with E-state index in [0.29, 0.717) is 26.3 Å². The Hall–Kier alpha value is -3.73. The third-order valence-electron chi connectivity index (χ3n) is 8.73. The van der Waals surface area contributed by atoms with Crippen LogP contribution in [-0.4, -0.2) is 64.8 Å². The highest BCUT2D eigenvalue weighted by Crippen LogP contribution is 2.38. The Morgan fingerprint density at radius 1 is 1.06 bits per heavy atom. The molecule has 0 spiro atoms. The number of aromatic nitrogens is 2. The minimum atomic E-state index is -0.640. The molecule has 2 aromatic heterocycles. The molecule has 4 heterocycles. The lowest BCUT2D eigenvalue weighted by Gasteiger charge is -2.34. The molecule has 11 heteroatoms. The van der Waals surface area contributed by atoms with Gasteiger partial charge in [0, 0.05) is 43.2 Å². The van der Waals surface area contributed by atoms with Gasteiger partial charge in [-0.2, -0.15) is 4.98 Å². The van der Waals surface area contributed by atoms with Crippen molar-refractivity contribution in [3.8, 4) is 11.1 Å². The van der Waals surface area contributed by atoms with Crippen LogP contribution < -0.4 is 9.80 Å². The first-order valence-electron chi connectivity index (χ1n) is 16.2. The van der Waals surface area contributed by atoms with E-state index in [-0.39, 0.29) is 23.3 Å². The molecular weight excluding hydrogens is 634 g/mol. The molecule has 0 unspecified atom stereocenters. The van der Waals surface area contributed by atoms with Crippen molar-refractivity contribution in [1.82, 2.24) is 14.9 Å². The maximum absolute atomic E-state index is 13.6. The number of nitrogens with zero attached hydrogens (tertiary/aromatic N) is 5. The van der Waals surface area contributed by atoms with Crippen LogP contribution in [0.4, 0.5) is 16.3 Å². The largest absolute Gasteiger partial charge is 0.444 e. The Kier molecular flexibility index (Phi) is 9.47. The summed E-state index contributed by atoms with van der Waals surface area (Å²) in [5.74, 6) is 0.887. The average molecular weight is 676 g/mol. The molecule has 47 heavy (non-hydrogen) atoms. The molecular formula is C36H42ClN5O4S. The summed E-state index contributed by atoms with van der Waals surface area (Å²) in [5, 5.41) is 0.209. The summed E-state index contributed by atoms with van der Waals surface area (Å²) in [6.07, 6.45) is 1.51. The fourth-order valence-corrected chi connectivity index (χ4v) is 7.79. The molecule has 0 bridgehead atoms. The van der Waals surface area contributed by atoms with Gasteiger partial charge in [-0.1, -0.05) is 30.3 Å². The number of halogens is 1. The number of hydrogen-bond donors (Lipinski definition) is 0. The number of ether oxygens (including phenoxy) is 2. The summed E-state index contributed by atoms with van der Waals surface area (Å²) in [4.78, 5) is 41.9. The van der Waals surface area contributed by atoms with Crippen molar-refractivity contribution in [3.05, 3.63) is 69.3 Å². The van der Waals surface area contributed by atoms with Crippen molar-refractivity contribution < 1.29 is 19.1 Å². The molecule has 2 amide bonds. The summed E-state index contributed by atoms with van der Waals surface area (Å²) in [7, 11) is 0. The zero-order valence-electron chi connectivity index (χ0n) is 27.9. The molecule has 9 nitrogen and oxygen atoms in total. The van der Waals surface area contributed by atoms with Crippen LogP contribution in [0, 0.1) is 6.92 Å². The second-order valence-electron chi connectivity index (χ2n) is 13.4. The molecule has 2 aliphatic rings. The molecule has 0 aliphatic carbocycles. The Labute approximate surface area is 285 Å². The Balaban J connectivity index is 1.26. The van der Waals surface area contributed by atoms with Crippen LogP contribution in [0.3, 0.4) is 0 Å². The van der Waals surface area contributed by atoms with Gasteiger partial charge in [0.2, 0.25) is 11.2 Å². The number of thiophene rings is 1. The molecule has 1 saturated heterocycles. The number of anilines is 2. The van der Waals surface area contributed by atoms with Crippen molar-refractivity contribution in [2.45, 2.75) is 79.1 Å². The van der Waals surface area contributed by atoms with Crippen LogP contribution in [0.1, 0.15) is 62.6 Å². The highest BCUT2D eigenvalue weighted by molar-refractivity contribution is 7.19. The number of aryl methyl sites for hydroxylation is 2. The third kappa shape index (κ3) is 7.24. The summed E-state index contributed by atoms with van der Waals surface area (Å²) in [5.41, 5.74) is 6.53. The lowest BCUT2D eigenvalue weighted by atomic mass is 9.93. The van der Waals surface area contributed by atoms with Gasteiger partial charge < -0.3 is 19.3 Å². The number of hydrogen-bond acceptors (Lipinski definition) is 8. The number of benzene rings is 2. The molecule has 4 aromatic rings. The van der Waals surface area contributed by atoms with Crippen LogP contribution in [0.25, 0.3) is 21.3 Å². The number of fused-ring (bicyclic) bond motifs is 2. The zero-order valence-corrected chi connectivity index (χ0v) is 29.5. The van der Waals surface area contributed by atoms with Gasteiger partial charge in [-0.05, 0) is 99.0 Å². The first kappa shape index (κ1) is 33.2. The van der Waals surface area contributed by atoms with Gasteiger partial charge in [-0.3, -0.25) is 9.69 Å².